The monoisotopic (exact) mass is 526 g/mol. The number of thiazole rings is 1. The molecule has 0 radical (unpaired) electrons. The van der Waals surface area contributed by atoms with Crippen molar-refractivity contribution in [3.8, 4) is 11.3 Å². The van der Waals surface area contributed by atoms with Crippen LogP contribution in [0.2, 0.25) is 0 Å². The molecule has 0 aliphatic heterocycles. The number of nitrogens with one attached hydrogen (secondary N) is 1. The highest BCUT2D eigenvalue weighted by Crippen LogP contribution is 2.24. The number of amides is 1. The Balaban J connectivity index is 0.00000280. The predicted octanol–water partition coefficient (Wildman–Crippen LogP) is 4.73. The SMILES string of the molecule is Br.CCn1c(-c2cccc([N+](=O)[O-])c2)csc1=NNC(=O)c1cccc(Br)c1. The van der Waals surface area contributed by atoms with E-state index in [1.807, 2.05) is 29.0 Å². The highest BCUT2D eigenvalue weighted by atomic mass is 79.9. The zero-order valence-electron chi connectivity index (χ0n) is 14.7. The fourth-order valence-electron chi connectivity index (χ4n) is 2.53. The summed E-state index contributed by atoms with van der Waals surface area (Å²) in [5.74, 6) is -0.316. The van der Waals surface area contributed by atoms with Gasteiger partial charge in [0.15, 0.2) is 0 Å². The van der Waals surface area contributed by atoms with Crippen LogP contribution in [-0.2, 0) is 6.54 Å². The van der Waals surface area contributed by atoms with E-state index in [2.05, 4.69) is 26.5 Å². The van der Waals surface area contributed by atoms with Crippen LogP contribution >= 0.6 is 44.2 Å². The summed E-state index contributed by atoms with van der Waals surface area (Å²) in [6.07, 6.45) is 0. The minimum Gasteiger partial charge on any atom is -0.315 e. The van der Waals surface area contributed by atoms with Crippen LogP contribution in [0.1, 0.15) is 17.3 Å². The molecule has 7 nitrogen and oxygen atoms in total. The van der Waals surface area contributed by atoms with Gasteiger partial charge in [-0.25, -0.2) is 5.43 Å². The van der Waals surface area contributed by atoms with Crippen molar-refractivity contribution in [2.75, 3.05) is 0 Å². The molecule has 1 N–H and O–H groups in total. The molecule has 0 bridgehead atoms. The van der Waals surface area contributed by atoms with Gasteiger partial charge >= 0.3 is 0 Å². The highest BCUT2D eigenvalue weighted by molar-refractivity contribution is 9.10. The Morgan fingerprint density at radius 2 is 2.04 bits per heavy atom. The van der Waals surface area contributed by atoms with E-state index in [4.69, 9.17) is 0 Å². The van der Waals surface area contributed by atoms with E-state index < -0.39 is 4.92 Å². The van der Waals surface area contributed by atoms with Crippen LogP contribution in [-0.4, -0.2) is 15.4 Å². The van der Waals surface area contributed by atoms with Gasteiger partial charge in [-0.2, -0.15) is 0 Å². The van der Waals surface area contributed by atoms with Crippen LogP contribution in [0.4, 0.5) is 5.69 Å². The van der Waals surface area contributed by atoms with Crippen molar-refractivity contribution in [2.45, 2.75) is 13.5 Å². The first kappa shape index (κ1) is 22.0. The molecule has 3 rings (SSSR count). The van der Waals surface area contributed by atoms with Gasteiger partial charge in [-0.3, -0.25) is 14.9 Å². The molecule has 0 saturated heterocycles. The number of hydrogen-bond donors (Lipinski definition) is 1. The fourth-order valence-corrected chi connectivity index (χ4v) is 3.86. The number of nitro benzene ring substituents is 1. The number of non-ortho nitro benzene ring substituents is 1. The van der Waals surface area contributed by atoms with Crippen molar-refractivity contribution in [3.05, 3.63) is 78.9 Å². The smallest absolute Gasteiger partial charge is 0.271 e. The van der Waals surface area contributed by atoms with Crippen molar-refractivity contribution in [2.24, 2.45) is 5.10 Å². The number of nitrogens with zero attached hydrogens (tertiary/aromatic N) is 3. The average Bonchev–Trinajstić information content (AvgIpc) is 3.09. The summed E-state index contributed by atoms with van der Waals surface area (Å²) in [4.78, 5) is 23.5. The number of halogens is 2. The lowest BCUT2D eigenvalue weighted by Gasteiger charge is -2.06. The third kappa shape index (κ3) is 4.94. The molecule has 3 aromatic rings. The number of nitro groups is 1. The molecule has 0 spiro atoms. The summed E-state index contributed by atoms with van der Waals surface area (Å²) in [6, 6.07) is 13.5. The Kier molecular flexibility index (Phi) is 7.67. The summed E-state index contributed by atoms with van der Waals surface area (Å²) in [5.41, 5.74) is 4.61. The quantitative estimate of drug-likeness (QED) is 0.384. The Morgan fingerprint density at radius 3 is 2.71 bits per heavy atom. The zero-order valence-corrected chi connectivity index (χ0v) is 18.8. The van der Waals surface area contributed by atoms with E-state index in [-0.39, 0.29) is 28.6 Å². The fraction of sp³-hybridized carbons (Fsp3) is 0.111. The van der Waals surface area contributed by atoms with Gasteiger partial charge < -0.3 is 4.57 Å². The van der Waals surface area contributed by atoms with E-state index in [0.29, 0.717) is 16.9 Å². The number of hydrogen-bond acceptors (Lipinski definition) is 5. The molecule has 1 heterocycles. The number of carbonyl (C=O) groups is 1. The third-order valence-corrected chi connectivity index (χ3v) is 5.16. The van der Waals surface area contributed by atoms with Gasteiger partial charge in [-0.15, -0.1) is 33.4 Å². The maximum absolute atomic E-state index is 12.3. The Morgan fingerprint density at radius 1 is 1.29 bits per heavy atom. The Bertz CT molecular complexity index is 1080. The molecule has 0 aliphatic rings. The van der Waals surface area contributed by atoms with Crippen molar-refractivity contribution in [3.63, 3.8) is 0 Å². The summed E-state index contributed by atoms with van der Waals surface area (Å²) < 4.78 is 2.70. The average molecular weight is 528 g/mol. The highest BCUT2D eigenvalue weighted by Gasteiger charge is 2.12. The van der Waals surface area contributed by atoms with Crippen LogP contribution in [0.15, 0.2) is 63.5 Å². The van der Waals surface area contributed by atoms with Crippen molar-refractivity contribution in [1.29, 1.82) is 0 Å². The molecule has 10 heteroatoms. The maximum Gasteiger partial charge on any atom is 0.271 e. The van der Waals surface area contributed by atoms with Gasteiger partial charge in [0.2, 0.25) is 4.80 Å². The van der Waals surface area contributed by atoms with E-state index in [0.717, 1.165) is 15.7 Å². The lowest BCUT2D eigenvalue weighted by Crippen LogP contribution is -2.24. The third-order valence-electron chi connectivity index (χ3n) is 3.81. The van der Waals surface area contributed by atoms with Gasteiger partial charge in [-0.05, 0) is 25.1 Å². The molecular weight excluding hydrogens is 512 g/mol. The van der Waals surface area contributed by atoms with E-state index >= 15 is 0 Å². The standard InChI is InChI=1S/C18H15BrN4O3S.BrH/c1-2-22-16(12-5-4-8-15(10-12)23(25)26)11-27-18(22)21-20-17(24)13-6-3-7-14(19)9-13;/h3-11H,2H2,1H3,(H,20,24);1H. The molecule has 2 aromatic carbocycles. The van der Waals surface area contributed by atoms with Crippen molar-refractivity contribution in [1.82, 2.24) is 9.99 Å². The maximum atomic E-state index is 12.3. The molecule has 0 fully saturated rings. The normalized spacial score (nSPS) is 11.0. The van der Waals surface area contributed by atoms with Gasteiger partial charge in [0.05, 0.1) is 10.6 Å². The number of carbonyl (C=O) groups excluding carboxylic acids is 1. The van der Waals surface area contributed by atoms with Crippen LogP contribution in [0.25, 0.3) is 11.3 Å². The Hall–Kier alpha value is -2.30. The van der Waals surface area contributed by atoms with Gasteiger partial charge in [0, 0.05) is 39.7 Å². The molecule has 146 valence electrons. The van der Waals surface area contributed by atoms with Crippen LogP contribution < -0.4 is 10.2 Å². The summed E-state index contributed by atoms with van der Waals surface area (Å²) >= 11 is 4.69. The second kappa shape index (κ2) is 9.76. The number of aromatic nitrogens is 1. The van der Waals surface area contributed by atoms with Crippen LogP contribution in [0, 0.1) is 10.1 Å². The van der Waals surface area contributed by atoms with Crippen LogP contribution in [0.3, 0.4) is 0 Å². The van der Waals surface area contributed by atoms with Crippen LogP contribution in [0.5, 0.6) is 0 Å². The summed E-state index contributed by atoms with van der Waals surface area (Å²) in [6.45, 7) is 2.55. The topological polar surface area (TPSA) is 89.5 Å². The van der Waals surface area contributed by atoms with E-state index in [1.165, 1.54) is 23.5 Å². The second-order valence-electron chi connectivity index (χ2n) is 5.52. The molecule has 0 saturated carbocycles. The largest absolute Gasteiger partial charge is 0.315 e. The van der Waals surface area contributed by atoms with Crippen molar-refractivity contribution < 1.29 is 9.72 Å². The minimum atomic E-state index is -0.421. The second-order valence-corrected chi connectivity index (χ2v) is 7.27. The first-order chi connectivity index (χ1) is 13.0. The molecule has 0 unspecified atom stereocenters. The van der Waals surface area contributed by atoms with Gasteiger partial charge in [-0.1, -0.05) is 34.1 Å². The predicted molar refractivity (Wildman–Crippen MR) is 118 cm³/mol. The minimum absolute atomic E-state index is 0. The molecule has 0 aliphatic carbocycles. The lowest BCUT2D eigenvalue weighted by molar-refractivity contribution is -0.384. The summed E-state index contributed by atoms with van der Waals surface area (Å²) in [5, 5.41) is 17.1. The molecular formula is C18H16Br2N4O3S. The van der Waals surface area contributed by atoms with Crippen molar-refractivity contribution >= 4 is 55.8 Å². The summed E-state index contributed by atoms with van der Waals surface area (Å²) in [7, 11) is 0. The zero-order chi connectivity index (χ0) is 19.4. The molecule has 1 aromatic heterocycles. The lowest BCUT2D eigenvalue weighted by atomic mass is 10.1. The van der Waals surface area contributed by atoms with E-state index in [1.54, 1.807) is 24.3 Å². The number of rotatable bonds is 5. The number of benzene rings is 2. The first-order valence-electron chi connectivity index (χ1n) is 8.02. The van der Waals surface area contributed by atoms with E-state index in [9.17, 15) is 14.9 Å². The van der Waals surface area contributed by atoms with Gasteiger partial charge in [0.1, 0.15) is 0 Å². The molecule has 0 atom stereocenters. The first-order valence-corrected chi connectivity index (χ1v) is 9.69. The van der Waals surface area contributed by atoms with Gasteiger partial charge in [0.25, 0.3) is 11.6 Å². The molecule has 1 amide bonds. The molecule has 28 heavy (non-hydrogen) atoms. The Labute approximate surface area is 183 Å².